The number of aromatic nitrogens is 2. The lowest BCUT2D eigenvalue weighted by atomic mass is 10.2. The van der Waals surface area contributed by atoms with Crippen LogP contribution in [0.2, 0.25) is 0 Å². The molecule has 0 unspecified atom stereocenters. The zero-order valence-corrected chi connectivity index (χ0v) is 13.2. The van der Waals surface area contributed by atoms with E-state index in [1.807, 2.05) is 0 Å². The van der Waals surface area contributed by atoms with Crippen molar-refractivity contribution in [1.29, 1.82) is 0 Å². The fourth-order valence-electron chi connectivity index (χ4n) is 1.67. The molecule has 0 saturated carbocycles. The Morgan fingerprint density at radius 2 is 2.00 bits per heavy atom. The number of H-pyrrole nitrogens is 1. The largest absolute Gasteiger partial charge is 0.416 e. The number of alkyl halides is 3. The summed E-state index contributed by atoms with van der Waals surface area (Å²) in [5.74, 6) is -0.125. The Labute approximate surface area is 136 Å². The third-order valence-electron chi connectivity index (χ3n) is 2.71. The van der Waals surface area contributed by atoms with E-state index in [0.717, 1.165) is 12.1 Å². The highest BCUT2D eigenvalue weighted by molar-refractivity contribution is 9.10. The van der Waals surface area contributed by atoms with Gasteiger partial charge in [-0.3, -0.25) is 15.1 Å². The van der Waals surface area contributed by atoms with E-state index >= 15 is 0 Å². The van der Waals surface area contributed by atoms with Crippen LogP contribution in [0.25, 0.3) is 0 Å². The van der Waals surface area contributed by atoms with E-state index in [1.165, 1.54) is 12.1 Å². The molecule has 0 fully saturated rings. The molecule has 23 heavy (non-hydrogen) atoms. The van der Waals surface area contributed by atoms with Crippen LogP contribution in [0, 0.1) is 6.92 Å². The highest BCUT2D eigenvalue weighted by Gasteiger charge is 2.30. The molecule has 6 nitrogen and oxygen atoms in total. The Morgan fingerprint density at radius 1 is 1.30 bits per heavy atom. The van der Waals surface area contributed by atoms with Crippen molar-refractivity contribution in [3.63, 3.8) is 0 Å². The number of hydrogen-bond donors (Lipinski definition) is 3. The van der Waals surface area contributed by atoms with Crippen molar-refractivity contribution in [2.45, 2.75) is 13.1 Å². The molecular formula is C13H10BrF3N4O2. The summed E-state index contributed by atoms with van der Waals surface area (Å²) in [5.41, 5.74) is -1.08. The first-order valence-corrected chi connectivity index (χ1v) is 6.98. The van der Waals surface area contributed by atoms with Crippen LogP contribution in [0.1, 0.15) is 11.3 Å². The third kappa shape index (κ3) is 4.31. The molecule has 1 aromatic carbocycles. The van der Waals surface area contributed by atoms with E-state index in [0.29, 0.717) is 5.69 Å². The number of aryl methyl sites for hydroxylation is 1. The van der Waals surface area contributed by atoms with Crippen LogP contribution >= 0.6 is 15.9 Å². The van der Waals surface area contributed by atoms with Gasteiger partial charge in [0, 0.05) is 5.69 Å². The van der Waals surface area contributed by atoms with Gasteiger partial charge in [-0.15, -0.1) is 0 Å². The lowest BCUT2D eigenvalue weighted by Gasteiger charge is -2.10. The monoisotopic (exact) mass is 390 g/mol. The Kier molecular flexibility index (Phi) is 4.73. The number of carbonyl (C=O) groups excluding carboxylic acids is 1. The van der Waals surface area contributed by atoms with Gasteiger partial charge in [0.1, 0.15) is 4.47 Å². The fraction of sp³-hybridized carbons (Fsp3) is 0.154. The molecule has 2 rings (SSSR count). The van der Waals surface area contributed by atoms with E-state index in [4.69, 9.17) is 0 Å². The third-order valence-corrected chi connectivity index (χ3v) is 3.64. The molecule has 0 atom stereocenters. The van der Waals surface area contributed by atoms with Crippen LogP contribution in [0.4, 0.5) is 29.6 Å². The van der Waals surface area contributed by atoms with Gasteiger partial charge in [-0.05, 0) is 41.1 Å². The smallest absolute Gasteiger partial charge is 0.308 e. The van der Waals surface area contributed by atoms with Crippen LogP contribution in [-0.4, -0.2) is 16.0 Å². The van der Waals surface area contributed by atoms with Gasteiger partial charge in [0.25, 0.3) is 5.56 Å². The normalized spacial score (nSPS) is 11.2. The number of hydrogen-bond acceptors (Lipinski definition) is 3. The fourth-order valence-corrected chi connectivity index (χ4v) is 1.86. The number of nitrogens with zero attached hydrogens (tertiary/aromatic N) is 1. The number of rotatable bonds is 2. The average molecular weight is 391 g/mol. The lowest BCUT2D eigenvalue weighted by Crippen LogP contribution is -2.24. The zero-order chi connectivity index (χ0) is 17.2. The Balaban J connectivity index is 2.13. The summed E-state index contributed by atoms with van der Waals surface area (Å²) in [7, 11) is 0. The maximum atomic E-state index is 12.6. The summed E-state index contributed by atoms with van der Waals surface area (Å²) in [6, 6.07) is 3.32. The van der Waals surface area contributed by atoms with Gasteiger partial charge in [0.05, 0.1) is 11.3 Å². The van der Waals surface area contributed by atoms with E-state index in [1.54, 1.807) is 6.92 Å². The number of halogens is 4. The molecule has 10 heteroatoms. The van der Waals surface area contributed by atoms with Crippen molar-refractivity contribution in [3.8, 4) is 0 Å². The van der Waals surface area contributed by atoms with Crippen molar-refractivity contribution >= 4 is 33.6 Å². The van der Waals surface area contributed by atoms with Crippen LogP contribution in [0.5, 0.6) is 0 Å². The van der Waals surface area contributed by atoms with E-state index in [9.17, 15) is 22.8 Å². The average Bonchev–Trinajstić information content (AvgIpc) is 2.44. The van der Waals surface area contributed by atoms with Crippen molar-refractivity contribution in [3.05, 3.63) is 50.3 Å². The van der Waals surface area contributed by atoms with E-state index in [2.05, 4.69) is 36.5 Å². The molecule has 0 radical (unpaired) electrons. The molecule has 0 saturated heterocycles. The second-order valence-corrected chi connectivity index (χ2v) is 5.26. The van der Waals surface area contributed by atoms with Gasteiger partial charge in [-0.2, -0.15) is 13.2 Å². The summed E-state index contributed by atoms with van der Waals surface area (Å²) < 4.78 is 38.0. The molecule has 3 N–H and O–H groups in total. The summed E-state index contributed by atoms with van der Waals surface area (Å²) in [5, 5.41) is 4.47. The van der Waals surface area contributed by atoms with Gasteiger partial charge in [0.15, 0.2) is 0 Å². The molecule has 0 aliphatic rings. The van der Waals surface area contributed by atoms with Gasteiger partial charge in [0.2, 0.25) is 5.95 Å². The molecule has 0 spiro atoms. The first-order valence-electron chi connectivity index (χ1n) is 6.18. The SMILES string of the molecule is Cc1nc(NC(=O)Nc2cccc(C(F)(F)F)c2)[nH]c(=O)c1Br. The maximum Gasteiger partial charge on any atom is 0.416 e. The Bertz CT molecular complexity index is 805. The minimum Gasteiger partial charge on any atom is -0.308 e. The van der Waals surface area contributed by atoms with Gasteiger partial charge < -0.3 is 5.32 Å². The predicted molar refractivity (Wildman–Crippen MR) is 81.4 cm³/mol. The standard InChI is InChI=1S/C13H10BrF3N4O2/c1-6-9(14)10(22)20-11(18-6)21-12(23)19-8-4-2-3-7(5-8)13(15,16)17/h2-5H,1H3,(H3,18,19,20,21,22,23). The highest BCUT2D eigenvalue weighted by atomic mass is 79.9. The van der Waals surface area contributed by atoms with Crippen LogP contribution in [0.3, 0.4) is 0 Å². The number of urea groups is 1. The molecule has 1 heterocycles. The number of carbonyl (C=O) groups is 1. The number of anilines is 2. The first-order chi connectivity index (χ1) is 10.7. The summed E-state index contributed by atoms with van der Waals surface area (Å²) in [4.78, 5) is 29.5. The van der Waals surface area contributed by atoms with Crippen molar-refractivity contribution in [2.75, 3.05) is 10.6 Å². The van der Waals surface area contributed by atoms with Crippen molar-refractivity contribution in [1.82, 2.24) is 9.97 Å². The molecule has 0 aliphatic heterocycles. The second kappa shape index (κ2) is 6.41. The molecule has 1 aromatic heterocycles. The van der Waals surface area contributed by atoms with Crippen molar-refractivity contribution < 1.29 is 18.0 Å². The Morgan fingerprint density at radius 3 is 2.61 bits per heavy atom. The second-order valence-electron chi connectivity index (χ2n) is 4.47. The molecule has 2 amide bonds. The van der Waals surface area contributed by atoms with E-state index in [-0.39, 0.29) is 16.1 Å². The summed E-state index contributed by atoms with van der Waals surface area (Å²) >= 11 is 3.02. The van der Waals surface area contributed by atoms with Crippen LogP contribution in [0.15, 0.2) is 33.5 Å². The molecule has 0 aliphatic carbocycles. The Hall–Kier alpha value is -2.36. The quantitative estimate of drug-likeness (QED) is 0.733. The van der Waals surface area contributed by atoms with Gasteiger partial charge >= 0.3 is 12.2 Å². The molecular weight excluding hydrogens is 381 g/mol. The van der Waals surface area contributed by atoms with Crippen molar-refractivity contribution in [2.24, 2.45) is 0 Å². The maximum absolute atomic E-state index is 12.6. The van der Waals surface area contributed by atoms with Crippen LogP contribution in [-0.2, 0) is 6.18 Å². The predicted octanol–water partition coefficient (Wildman–Crippen LogP) is 3.50. The molecule has 122 valence electrons. The minimum absolute atomic E-state index is 0.0477. The first kappa shape index (κ1) is 17.0. The minimum atomic E-state index is -4.51. The summed E-state index contributed by atoms with van der Waals surface area (Å²) in [6.45, 7) is 1.55. The zero-order valence-electron chi connectivity index (χ0n) is 11.6. The highest BCUT2D eigenvalue weighted by Crippen LogP contribution is 2.30. The number of nitrogens with one attached hydrogen (secondary N) is 3. The summed E-state index contributed by atoms with van der Waals surface area (Å²) in [6.07, 6.45) is -4.51. The van der Waals surface area contributed by atoms with Gasteiger partial charge in [-0.25, -0.2) is 9.78 Å². The number of benzene rings is 1. The topological polar surface area (TPSA) is 86.9 Å². The lowest BCUT2D eigenvalue weighted by molar-refractivity contribution is -0.137. The molecule has 0 bridgehead atoms. The number of aromatic amines is 1. The van der Waals surface area contributed by atoms with Gasteiger partial charge in [-0.1, -0.05) is 6.07 Å². The van der Waals surface area contributed by atoms with Crippen LogP contribution < -0.4 is 16.2 Å². The number of amides is 2. The molecule has 2 aromatic rings. The van der Waals surface area contributed by atoms with E-state index < -0.39 is 23.3 Å².